The molecule has 0 aromatic heterocycles. The van der Waals surface area contributed by atoms with Crippen LogP contribution in [0.2, 0.25) is 0 Å². The predicted molar refractivity (Wildman–Crippen MR) is 123 cm³/mol. The number of non-ortho nitro benzene ring substituents is 1. The van der Waals surface area contributed by atoms with Crippen LogP contribution in [0.4, 0.5) is 11.4 Å². The molecule has 1 spiro atoms. The fourth-order valence-electron chi connectivity index (χ4n) is 4.37. The van der Waals surface area contributed by atoms with Crippen molar-refractivity contribution in [3.63, 3.8) is 0 Å². The number of carbonyl (C=O) groups excluding carboxylic acids is 2. The molecule has 2 aliphatic rings. The molecule has 2 aliphatic heterocycles. The van der Waals surface area contributed by atoms with Crippen LogP contribution in [0.5, 0.6) is 0 Å². The fraction of sp³-hybridized carbons (Fsp3) is 0.292. The van der Waals surface area contributed by atoms with Gasteiger partial charge in [0.2, 0.25) is 5.78 Å². The molecule has 0 fully saturated rings. The van der Waals surface area contributed by atoms with Crippen molar-refractivity contribution in [2.45, 2.75) is 32.4 Å². The lowest BCUT2D eigenvalue weighted by Crippen LogP contribution is -2.52. The van der Waals surface area contributed by atoms with Gasteiger partial charge in [0.15, 0.2) is 0 Å². The number of hydrogen-bond acceptors (Lipinski definition) is 8. The fourth-order valence-corrected chi connectivity index (χ4v) is 4.37. The van der Waals surface area contributed by atoms with E-state index in [0.717, 1.165) is 5.70 Å². The van der Waals surface area contributed by atoms with E-state index in [2.05, 4.69) is 5.10 Å². The number of Topliss-reactive ketones (excluding diaryl/α,β-unsaturated/α-hetero) is 1. The molecule has 0 unspecified atom stereocenters. The maximum Gasteiger partial charge on any atom is 0.335 e. The minimum Gasteiger partial charge on any atom is -0.463 e. The van der Waals surface area contributed by atoms with Crippen LogP contribution in [0.15, 0.2) is 71.0 Å². The summed E-state index contributed by atoms with van der Waals surface area (Å²) in [7, 11) is 1.85. The minimum atomic E-state index is -0.845. The Labute approximate surface area is 191 Å². The van der Waals surface area contributed by atoms with Gasteiger partial charge >= 0.3 is 5.97 Å². The average molecular weight is 448 g/mol. The highest BCUT2D eigenvalue weighted by Crippen LogP contribution is 2.47. The van der Waals surface area contributed by atoms with Crippen LogP contribution in [0.25, 0.3) is 0 Å². The lowest BCUT2D eigenvalue weighted by atomic mass is 9.93. The Balaban J connectivity index is 1.76. The van der Waals surface area contributed by atoms with Gasteiger partial charge in [0, 0.05) is 43.3 Å². The predicted octanol–water partition coefficient (Wildman–Crippen LogP) is 3.91. The zero-order valence-corrected chi connectivity index (χ0v) is 18.6. The zero-order chi connectivity index (χ0) is 23.8. The van der Waals surface area contributed by atoms with E-state index >= 15 is 0 Å². The quantitative estimate of drug-likeness (QED) is 0.285. The molecule has 0 bridgehead atoms. The number of ether oxygens (including phenoxy) is 1. The zero-order valence-electron chi connectivity index (χ0n) is 18.6. The van der Waals surface area contributed by atoms with Crippen LogP contribution in [0, 0.1) is 10.1 Å². The Kier molecular flexibility index (Phi) is 5.71. The summed E-state index contributed by atoms with van der Waals surface area (Å²) in [5.74, 6) is -0.597. The van der Waals surface area contributed by atoms with Crippen LogP contribution in [-0.4, -0.2) is 46.6 Å². The SMILES string of the molecule is CCOC(=O)C1=C(C)N(C)[C@@]2(CC(C(=O)c3ccccc3)=NN2c2ccc([N+](=O)[O-])cc2)C1. The van der Waals surface area contributed by atoms with E-state index in [1.165, 1.54) is 12.1 Å². The highest BCUT2D eigenvalue weighted by molar-refractivity contribution is 6.46. The van der Waals surface area contributed by atoms with Gasteiger partial charge < -0.3 is 9.64 Å². The third-order valence-electron chi connectivity index (χ3n) is 6.21. The van der Waals surface area contributed by atoms with Crippen molar-refractivity contribution in [2.75, 3.05) is 18.7 Å². The molecule has 1 atom stereocenters. The van der Waals surface area contributed by atoms with E-state index in [-0.39, 0.29) is 24.5 Å². The van der Waals surface area contributed by atoms with Gasteiger partial charge in [-0.1, -0.05) is 30.3 Å². The normalized spacial score (nSPS) is 19.8. The number of ketones is 1. The molecule has 170 valence electrons. The summed E-state index contributed by atoms with van der Waals surface area (Å²) in [6.07, 6.45) is 0.564. The van der Waals surface area contributed by atoms with Gasteiger partial charge in [-0.05, 0) is 26.0 Å². The molecule has 0 saturated carbocycles. The number of hydrazone groups is 1. The Morgan fingerprint density at radius 3 is 2.39 bits per heavy atom. The number of allylic oxidation sites excluding steroid dienone is 1. The number of nitro benzene ring substituents is 1. The van der Waals surface area contributed by atoms with Gasteiger partial charge in [0.05, 0.1) is 22.8 Å². The Morgan fingerprint density at radius 2 is 1.79 bits per heavy atom. The number of carbonyl (C=O) groups is 2. The van der Waals surface area contributed by atoms with Crippen molar-refractivity contribution in [3.05, 3.63) is 81.5 Å². The molecule has 9 heteroatoms. The van der Waals surface area contributed by atoms with Crippen LogP contribution in [0.1, 0.15) is 37.0 Å². The number of rotatable bonds is 6. The third kappa shape index (κ3) is 3.75. The molecule has 0 radical (unpaired) electrons. The molecule has 0 saturated heterocycles. The molecule has 0 aliphatic carbocycles. The van der Waals surface area contributed by atoms with Crippen LogP contribution in [-0.2, 0) is 9.53 Å². The number of hydrogen-bond donors (Lipinski definition) is 0. The van der Waals surface area contributed by atoms with E-state index in [1.807, 2.05) is 24.9 Å². The summed E-state index contributed by atoms with van der Waals surface area (Å²) in [6.45, 7) is 3.85. The molecule has 2 heterocycles. The largest absolute Gasteiger partial charge is 0.463 e. The van der Waals surface area contributed by atoms with Gasteiger partial charge in [-0.25, -0.2) is 9.80 Å². The highest BCUT2D eigenvalue weighted by Gasteiger charge is 2.54. The number of benzene rings is 2. The molecule has 0 N–H and O–H groups in total. The maximum absolute atomic E-state index is 13.2. The average Bonchev–Trinajstić information content (AvgIpc) is 3.33. The van der Waals surface area contributed by atoms with Crippen LogP contribution < -0.4 is 5.01 Å². The summed E-state index contributed by atoms with van der Waals surface area (Å²) in [4.78, 5) is 38.5. The van der Waals surface area contributed by atoms with Crippen molar-refractivity contribution < 1.29 is 19.2 Å². The topological polar surface area (TPSA) is 105 Å². The maximum atomic E-state index is 13.2. The second-order valence-electron chi connectivity index (χ2n) is 8.01. The smallest absolute Gasteiger partial charge is 0.335 e. The first kappa shape index (κ1) is 22.2. The second-order valence-corrected chi connectivity index (χ2v) is 8.01. The van der Waals surface area contributed by atoms with E-state index in [1.54, 1.807) is 48.3 Å². The van der Waals surface area contributed by atoms with Gasteiger partial charge in [-0.15, -0.1) is 0 Å². The van der Waals surface area contributed by atoms with Gasteiger partial charge in [-0.3, -0.25) is 14.9 Å². The molecule has 0 amide bonds. The summed E-state index contributed by atoms with van der Waals surface area (Å²) in [5.41, 5.74) is 1.83. The van der Waals surface area contributed by atoms with Crippen molar-refractivity contribution in [2.24, 2.45) is 5.10 Å². The standard InChI is InChI=1S/C24H24N4O5/c1-4-33-23(30)20-14-24(26(3)16(20)2)15-21(22(29)17-8-6-5-7-9-17)25-27(24)18-10-12-19(13-11-18)28(31)32/h5-13H,4,14-15H2,1-3H3/t24-/m0/s1. The van der Waals surface area contributed by atoms with Crippen LogP contribution in [0.3, 0.4) is 0 Å². The second kappa shape index (κ2) is 8.50. The summed E-state index contributed by atoms with van der Waals surface area (Å²) >= 11 is 0. The van der Waals surface area contributed by atoms with Crippen molar-refractivity contribution in [1.82, 2.24) is 4.90 Å². The lowest BCUT2D eigenvalue weighted by molar-refractivity contribution is -0.384. The summed E-state index contributed by atoms with van der Waals surface area (Å²) in [5, 5.41) is 17.5. The molecular formula is C24H24N4O5. The van der Waals surface area contributed by atoms with Crippen molar-refractivity contribution >= 4 is 28.8 Å². The number of nitro groups is 1. The van der Waals surface area contributed by atoms with Gasteiger partial charge in [0.1, 0.15) is 11.4 Å². The molecule has 9 nitrogen and oxygen atoms in total. The van der Waals surface area contributed by atoms with Crippen molar-refractivity contribution in [3.8, 4) is 0 Å². The van der Waals surface area contributed by atoms with Gasteiger partial charge in [0.25, 0.3) is 5.69 Å². The van der Waals surface area contributed by atoms with E-state index in [9.17, 15) is 19.7 Å². The summed E-state index contributed by atoms with van der Waals surface area (Å²) < 4.78 is 5.25. The minimum absolute atomic E-state index is 0.0437. The Bertz CT molecular complexity index is 1170. The van der Waals surface area contributed by atoms with Crippen molar-refractivity contribution in [1.29, 1.82) is 0 Å². The van der Waals surface area contributed by atoms with E-state index in [4.69, 9.17) is 4.74 Å². The Morgan fingerprint density at radius 1 is 1.12 bits per heavy atom. The molecule has 4 rings (SSSR count). The Hall–Kier alpha value is -4.01. The molecule has 2 aromatic carbocycles. The molecule has 2 aromatic rings. The number of anilines is 1. The monoisotopic (exact) mass is 448 g/mol. The molecule has 33 heavy (non-hydrogen) atoms. The van der Waals surface area contributed by atoms with Gasteiger partial charge in [-0.2, -0.15) is 5.10 Å². The lowest BCUT2D eigenvalue weighted by Gasteiger charge is -2.41. The number of esters is 1. The third-order valence-corrected chi connectivity index (χ3v) is 6.21. The van der Waals surface area contributed by atoms with E-state index < -0.39 is 16.6 Å². The van der Waals surface area contributed by atoms with E-state index in [0.29, 0.717) is 29.0 Å². The first-order chi connectivity index (χ1) is 15.8. The number of nitrogens with zero attached hydrogens (tertiary/aromatic N) is 4. The van der Waals surface area contributed by atoms with Crippen LogP contribution >= 0.6 is 0 Å². The first-order valence-electron chi connectivity index (χ1n) is 10.6. The first-order valence-corrected chi connectivity index (χ1v) is 10.6. The molecular weight excluding hydrogens is 424 g/mol. The highest BCUT2D eigenvalue weighted by atomic mass is 16.6. The summed E-state index contributed by atoms with van der Waals surface area (Å²) in [6, 6.07) is 14.9.